The number of amides is 4. The molecule has 7 aromatic rings. The Morgan fingerprint density at radius 2 is 1.40 bits per heavy atom. The lowest BCUT2D eigenvalue weighted by Gasteiger charge is -2.34. The molecule has 20 nitrogen and oxygen atoms in total. The van der Waals surface area contributed by atoms with Gasteiger partial charge in [0.2, 0.25) is 11.8 Å². The maximum atomic E-state index is 17.7. The zero-order valence-electron chi connectivity index (χ0n) is 42.0. The summed E-state index contributed by atoms with van der Waals surface area (Å²) in [5, 5.41) is 26.0. The molecule has 0 radical (unpaired) electrons. The second-order valence-corrected chi connectivity index (χ2v) is 19.3. The number of aromatic amines is 2. The van der Waals surface area contributed by atoms with Crippen molar-refractivity contribution in [2.24, 2.45) is 0 Å². The number of rotatable bonds is 16. The number of carbonyl (C=O) groups excluding carboxylic acids is 4. The summed E-state index contributed by atoms with van der Waals surface area (Å²) in [6.45, 7) is 4.06. The smallest absolute Gasteiger partial charge is 0.270 e. The van der Waals surface area contributed by atoms with Gasteiger partial charge >= 0.3 is 0 Å². The van der Waals surface area contributed by atoms with Gasteiger partial charge in [-0.3, -0.25) is 38.4 Å². The Bertz CT molecular complexity index is 3320. The number of methoxy groups -OCH3 is 1. The quantitative estimate of drug-likeness (QED) is 0.119. The topological polar surface area (TPSA) is 220 Å². The summed E-state index contributed by atoms with van der Waals surface area (Å²) in [5.74, 6) is -2.61. The Morgan fingerprint density at radius 1 is 0.747 bits per heavy atom. The highest BCUT2D eigenvalue weighted by Gasteiger charge is 2.33. The standard InChI is InChI=1S/C53H58F2N14O6/c1-63(2)52(73)43-28-42-40(36-7-10-56-29-45(36)75-3)26-39(49(55)51(42)59-43)35-24-34(31-67(32-35)47(72)9-16-69-18-12-58-62-69)37-25-38(33-6-4-14-66(30-33)46(71)8-15-68-17-11-57-61-68)48(54)50-41(37)27-44(60-50)53(74)65-21-19-64(20-22-65)13-5-23-70/h6-7,10-12,17-18,24-29,34,59-60,70H,4-5,8-9,13-16,19-23,30-32H2,1-3H3. The van der Waals surface area contributed by atoms with Gasteiger partial charge in [-0.2, -0.15) is 0 Å². The van der Waals surface area contributed by atoms with Crippen molar-refractivity contribution in [3.05, 3.63) is 119 Å². The van der Waals surface area contributed by atoms with Crippen LogP contribution in [0.5, 0.6) is 5.75 Å². The normalized spacial score (nSPS) is 16.4. The molecule has 3 aliphatic heterocycles. The van der Waals surface area contributed by atoms with Crippen LogP contribution < -0.4 is 4.74 Å². The Morgan fingerprint density at radius 3 is 2.07 bits per heavy atom. The van der Waals surface area contributed by atoms with E-state index in [0.29, 0.717) is 103 Å². The van der Waals surface area contributed by atoms with Crippen LogP contribution in [0.2, 0.25) is 0 Å². The second-order valence-electron chi connectivity index (χ2n) is 19.3. The van der Waals surface area contributed by atoms with E-state index in [1.165, 1.54) is 18.2 Å². The Hall–Kier alpha value is -8.11. The summed E-state index contributed by atoms with van der Waals surface area (Å²) in [5.41, 5.74) is 3.57. The number of fused-ring (bicyclic) bond motifs is 2. The maximum absolute atomic E-state index is 17.7. The number of benzene rings is 2. The Kier molecular flexibility index (Phi) is 14.6. The van der Waals surface area contributed by atoms with Crippen molar-refractivity contribution >= 4 is 56.6 Å². The molecular weight excluding hydrogens is 967 g/mol. The van der Waals surface area contributed by atoms with E-state index in [4.69, 9.17) is 4.74 Å². The van der Waals surface area contributed by atoms with Gasteiger partial charge in [-0.1, -0.05) is 22.6 Å². The molecule has 0 saturated carbocycles. The van der Waals surface area contributed by atoms with Gasteiger partial charge < -0.3 is 39.4 Å². The number of pyridine rings is 1. The Balaban J connectivity index is 1.11. The number of piperazine rings is 1. The van der Waals surface area contributed by atoms with Crippen molar-refractivity contribution in [3.8, 4) is 16.9 Å². The van der Waals surface area contributed by atoms with Crippen LogP contribution in [0.15, 0.2) is 79.7 Å². The predicted molar refractivity (Wildman–Crippen MR) is 274 cm³/mol. The Labute approximate surface area is 430 Å². The zero-order valence-corrected chi connectivity index (χ0v) is 42.0. The number of nitrogens with one attached hydrogen (secondary N) is 2. The lowest BCUT2D eigenvalue weighted by Crippen LogP contribution is -2.49. The average molecular weight is 1030 g/mol. The molecule has 1 fully saturated rings. The number of nitrogens with zero attached hydrogens (tertiary/aromatic N) is 12. The molecule has 1 atom stereocenters. The molecule has 1 saturated heterocycles. The molecule has 4 amide bonds. The first-order valence-corrected chi connectivity index (χ1v) is 25.1. The van der Waals surface area contributed by atoms with Crippen molar-refractivity contribution in [2.45, 2.75) is 44.7 Å². The average Bonchev–Trinajstić information content (AvgIpc) is 4.30. The number of hydrogen-bond donors (Lipinski definition) is 3. The number of halogens is 2. The van der Waals surface area contributed by atoms with Crippen LogP contribution in [0, 0.1) is 11.6 Å². The molecule has 0 aliphatic carbocycles. The van der Waals surface area contributed by atoms with E-state index in [9.17, 15) is 24.3 Å². The van der Waals surface area contributed by atoms with Crippen LogP contribution in [0.3, 0.4) is 0 Å². The lowest BCUT2D eigenvalue weighted by atomic mass is 9.85. The summed E-state index contributed by atoms with van der Waals surface area (Å²) in [7, 11) is 4.72. The zero-order chi connectivity index (χ0) is 52.3. The molecule has 390 valence electrons. The van der Waals surface area contributed by atoms with Gasteiger partial charge in [-0.15, -0.1) is 10.2 Å². The number of aromatic nitrogens is 9. The van der Waals surface area contributed by atoms with Crippen LogP contribution in [0.25, 0.3) is 44.1 Å². The molecule has 0 spiro atoms. The third kappa shape index (κ3) is 10.4. The van der Waals surface area contributed by atoms with E-state index in [1.54, 1.807) is 99.5 Å². The molecule has 8 heterocycles. The maximum Gasteiger partial charge on any atom is 0.270 e. The van der Waals surface area contributed by atoms with Crippen LogP contribution in [0.1, 0.15) is 69.3 Å². The molecular formula is C53H58F2N14O6. The van der Waals surface area contributed by atoms with Gasteiger partial charge in [0, 0.05) is 144 Å². The fourth-order valence-electron chi connectivity index (χ4n) is 10.4. The van der Waals surface area contributed by atoms with Crippen molar-refractivity contribution < 1.29 is 37.8 Å². The van der Waals surface area contributed by atoms with Crippen molar-refractivity contribution in [3.63, 3.8) is 0 Å². The van der Waals surface area contributed by atoms with Gasteiger partial charge in [0.1, 0.15) is 17.1 Å². The van der Waals surface area contributed by atoms with Gasteiger partial charge in [-0.05, 0) is 65.4 Å². The monoisotopic (exact) mass is 1020 g/mol. The number of ether oxygens (including phenoxy) is 1. The molecule has 3 N–H and O–H groups in total. The van der Waals surface area contributed by atoms with Crippen molar-refractivity contribution in [1.82, 2.24) is 69.4 Å². The third-order valence-corrected chi connectivity index (χ3v) is 14.4. The molecule has 0 bridgehead atoms. The van der Waals surface area contributed by atoms with Gasteiger partial charge in [0.05, 0.1) is 49.8 Å². The number of aryl methyl sites for hydroxylation is 2. The van der Waals surface area contributed by atoms with Gasteiger partial charge in [0.25, 0.3) is 11.8 Å². The van der Waals surface area contributed by atoms with Crippen molar-refractivity contribution in [1.29, 1.82) is 0 Å². The number of hydrogen-bond acceptors (Lipinski definition) is 12. The van der Waals surface area contributed by atoms with E-state index < -0.39 is 17.6 Å². The van der Waals surface area contributed by atoms with Gasteiger partial charge in [0.15, 0.2) is 11.6 Å². The van der Waals surface area contributed by atoms with Crippen LogP contribution in [-0.2, 0) is 22.7 Å². The molecule has 75 heavy (non-hydrogen) atoms. The van der Waals surface area contributed by atoms with E-state index in [1.807, 2.05) is 12.2 Å². The molecule has 3 aliphatic rings. The van der Waals surface area contributed by atoms with Gasteiger partial charge in [-0.25, -0.2) is 8.78 Å². The summed E-state index contributed by atoms with van der Waals surface area (Å²) < 4.78 is 44.1. The van der Waals surface area contributed by atoms with E-state index >= 15 is 8.78 Å². The molecule has 2 aromatic carbocycles. The largest absolute Gasteiger partial charge is 0.494 e. The summed E-state index contributed by atoms with van der Waals surface area (Å²) in [6, 6.07) is 8.46. The molecule has 5 aromatic heterocycles. The minimum atomic E-state index is -0.701. The highest BCUT2D eigenvalue weighted by molar-refractivity contribution is 6.05. The minimum Gasteiger partial charge on any atom is -0.494 e. The SMILES string of the molecule is COc1cnccc1-c1cc(C2=CC(c3cc(C4=CCCN(C(=O)CCn5ccnn5)C4)c(F)c4[nH]c(C(=O)N5CCN(CCCO)CC5)cc34)CN(C(=O)CCn3ccnn3)C2)c(F)c2[nH]c(C(=O)N(C)C)cc12. The van der Waals surface area contributed by atoms with Crippen LogP contribution in [-0.4, -0.2) is 185 Å². The fourth-order valence-corrected chi connectivity index (χ4v) is 10.4. The molecule has 1 unspecified atom stereocenters. The lowest BCUT2D eigenvalue weighted by molar-refractivity contribution is -0.131. The first-order valence-electron chi connectivity index (χ1n) is 25.1. The van der Waals surface area contributed by atoms with E-state index in [0.717, 1.165) is 0 Å². The van der Waals surface area contributed by atoms with Crippen LogP contribution in [0.4, 0.5) is 8.78 Å². The number of aliphatic hydroxyl groups is 1. The highest BCUT2D eigenvalue weighted by atomic mass is 19.1. The predicted octanol–water partition coefficient (Wildman–Crippen LogP) is 4.83. The fraction of sp³-hybridized carbons (Fsp3) is 0.377. The first-order chi connectivity index (χ1) is 36.4. The molecule has 10 rings (SSSR count). The van der Waals surface area contributed by atoms with Crippen molar-refractivity contribution in [2.75, 3.05) is 86.7 Å². The summed E-state index contributed by atoms with van der Waals surface area (Å²) >= 11 is 0. The number of H-pyrrole nitrogens is 2. The summed E-state index contributed by atoms with van der Waals surface area (Å²) in [6.07, 6.45) is 14.7. The second kappa shape index (κ2) is 21.8. The number of aliphatic hydroxyl groups excluding tert-OH is 1. The minimum absolute atomic E-state index is 0.0125. The van der Waals surface area contributed by atoms with Crippen LogP contribution >= 0.6 is 0 Å². The van der Waals surface area contributed by atoms with E-state index in [-0.39, 0.29) is 103 Å². The third-order valence-electron chi connectivity index (χ3n) is 14.4. The number of carbonyl (C=O) groups is 4. The van der Waals surface area contributed by atoms with E-state index in [2.05, 4.69) is 40.5 Å². The summed E-state index contributed by atoms with van der Waals surface area (Å²) in [4.78, 5) is 75.2. The molecule has 22 heteroatoms. The highest BCUT2D eigenvalue weighted by Crippen LogP contribution is 2.43. The first kappa shape index (κ1) is 50.4.